The van der Waals surface area contributed by atoms with Gasteiger partial charge in [0, 0.05) is 11.5 Å². The van der Waals surface area contributed by atoms with Crippen molar-refractivity contribution in [3.8, 4) is 5.75 Å². The molecule has 1 aliphatic rings. The molecule has 1 saturated carbocycles. The van der Waals surface area contributed by atoms with Crippen LogP contribution in [-0.4, -0.2) is 12.9 Å². The van der Waals surface area contributed by atoms with Crippen molar-refractivity contribution in [2.75, 3.05) is 7.11 Å². The number of carbonyl (C=O) groups excluding carboxylic acids is 1. The molecule has 1 aliphatic carbocycles. The van der Waals surface area contributed by atoms with Crippen molar-refractivity contribution in [2.24, 2.45) is 5.92 Å². The second-order valence-corrected chi connectivity index (χ2v) is 5.14. The summed E-state index contributed by atoms with van der Waals surface area (Å²) >= 11 is 0. The van der Waals surface area contributed by atoms with Gasteiger partial charge in [-0.15, -0.1) is 0 Å². The van der Waals surface area contributed by atoms with Gasteiger partial charge < -0.3 is 4.74 Å². The van der Waals surface area contributed by atoms with Gasteiger partial charge in [0.1, 0.15) is 5.75 Å². The SMILES string of the molecule is COc1cccc(C(=O)C2CCCCCCC2)c1. The highest BCUT2D eigenvalue weighted by Crippen LogP contribution is 2.26. The van der Waals surface area contributed by atoms with E-state index in [1.54, 1.807) is 7.11 Å². The fraction of sp³-hybridized carbons (Fsp3) is 0.562. The summed E-state index contributed by atoms with van der Waals surface area (Å²) in [7, 11) is 1.64. The van der Waals surface area contributed by atoms with E-state index in [0.717, 1.165) is 24.2 Å². The molecule has 0 spiro atoms. The molecule has 0 atom stereocenters. The molecule has 0 aromatic heterocycles. The monoisotopic (exact) mass is 246 g/mol. The molecule has 1 fully saturated rings. The molecule has 1 aromatic carbocycles. The number of rotatable bonds is 3. The van der Waals surface area contributed by atoms with Crippen LogP contribution in [0.25, 0.3) is 0 Å². The van der Waals surface area contributed by atoms with Crippen molar-refractivity contribution in [1.82, 2.24) is 0 Å². The molecule has 0 N–H and O–H groups in total. The quantitative estimate of drug-likeness (QED) is 0.746. The summed E-state index contributed by atoms with van der Waals surface area (Å²) in [6.45, 7) is 0. The van der Waals surface area contributed by atoms with Crippen LogP contribution in [0.4, 0.5) is 0 Å². The van der Waals surface area contributed by atoms with Crippen molar-refractivity contribution in [1.29, 1.82) is 0 Å². The smallest absolute Gasteiger partial charge is 0.166 e. The van der Waals surface area contributed by atoms with Gasteiger partial charge in [-0.2, -0.15) is 0 Å². The van der Waals surface area contributed by atoms with Crippen LogP contribution >= 0.6 is 0 Å². The molecule has 0 radical (unpaired) electrons. The second-order valence-electron chi connectivity index (χ2n) is 5.14. The zero-order valence-corrected chi connectivity index (χ0v) is 11.2. The largest absolute Gasteiger partial charge is 0.497 e. The number of Topliss-reactive ketones (excluding diaryl/α,β-unsaturated/α-hetero) is 1. The van der Waals surface area contributed by atoms with Gasteiger partial charge in [0.05, 0.1) is 7.11 Å². The molecule has 0 saturated heterocycles. The molecule has 18 heavy (non-hydrogen) atoms. The molecule has 1 aromatic rings. The Bertz CT molecular complexity index is 390. The minimum Gasteiger partial charge on any atom is -0.497 e. The Morgan fingerprint density at radius 3 is 2.44 bits per heavy atom. The third kappa shape index (κ3) is 3.34. The number of ether oxygens (including phenoxy) is 1. The summed E-state index contributed by atoms with van der Waals surface area (Å²) in [5.41, 5.74) is 0.805. The normalized spacial score (nSPS) is 17.8. The van der Waals surface area contributed by atoms with Crippen molar-refractivity contribution in [2.45, 2.75) is 44.9 Å². The average molecular weight is 246 g/mol. The van der Waals surface area contributed by atoms with Gasteiger partial charge in [-0.3, -0.25) is 4.79 Å². The highest BCUT2D eigenvalue weighted by atomic mass is 16.5. The van der Waals surface area contributed by atoms with Crippen molar-refractivity contribution < 1.29 is 9.53 Å². The van der Waals surface area contributed by atoms with Gasteiger partial charge in [-0.05, 0) is 25.0 Å². The third-order valence-corrected chi connectivity index (χ3v) is 3.83. The summed E-state index contributed by atoms with van der Waals surface area (Å²) in [4.78, 5) is 12.5. The highest BCUT2D eigenvalue weighted by molar-refractivity contribution is 5.98. The summed E-state index contributed by atoms with van der Waals surface area (Å²) < 4.78 is 5.18. The number of hydrogen-bond acceptors (Lipinski definition) is 2. The highest BCUT2D eigenvalue weighted by Gasteiger charge is 2.20. The first-order chi connectivity index (χ1) is 8.81. The molecule has 0 heterocycles. The van der Waals surface area contributed by atoms with E-state index in [9.17, 15) is 4.79 Å². The Labute approximate surface area is 109 Å². The Hall–Kier alpha value is -1.31. The molecule has 2 nitrogen and oxygen atoms in total. The van der Waals surface area contributed by atoms with Crippen molar-refractivity contribution in [3.63, 3.8) is 0 Å². The molecule has 2 rings (SSSR count). The van der Waals surface area contributed by atoms with Crippen molar-refractivity contribution in [3.05, 3.63) is 29.8 Å². The number of benzene rings is 1. The Balaban J connectivity index is 2.08. The fourth-order valence-electron chi connectivity index (χ4n) is 2.73. The lowest BCUT2D eigenvalue weighted by Gasteiger charge is -2.18. The summed E-state index contributed by atoms with van der Waals surface area (Å²) in [5.74, 6) is 1.29. The predicted molar refractivity (Wildman–Crippen MR) is 73.1 cm³/mol. The van der Waals surface area contributed by atoms with Crippen LogP contribution in [-0.2, 0) is 0 Å². The van der Waals surface area contributed by atoms with Crippen LogP contribution in [0, 0.1) is 5.92 Å². The standard InChI is InChI=1S/C16H22O2/c1-18-15-11-7-10-14(12-15)16(17)13-8-5-3-2-4-6-9-13/h7,10-13H,2-6,8-9H2,1H3. The van der Waals surface area contributed by atoms with Crippen molar-refractivity contribution >= 4 is 5.78 Å². The van der Waals surface area contributed by atoms with E-state index in [2.05, 4.69) is 0 Å². The van der Waals surface area contributed by atoms with Crippen LogP contribution < -0.4 is 4.74 Å². The van der Waals surface area contributed by atoms with E-state index in [0.29, 0.717) is 5.78 Å². The lowest BCUT2D eigenvalue weighted by atomic mass is 9.85. The molecule has 98 valence electrons. The van der Waals surface area contributed by atoms with Gasteiger partial charge in [0.15, 0.2) is 5.78 Å². The van der Waals surface area contributed by atoms with Crippen LogP contribution in [0.15, 0.2) is 24.3 Å². The molecular weight excluding hydrogens is 224 g/mol. The first-order valence-corrected chi connectivity index (χ1v) is 6.99. The zero-order chi connectivity index (χ0) is 12.8. The molecule has 0 amide bonds. The topological polar surface area (TPSA) is 26.3 Å². The van der Waals surface area contributed by atoms with Crippen LogP contribution in [0.3, 0.4) is 0 Å². The summed E-state index contributed by atoms with van der Waals surface area (Å²) in [6.07, 6.45) is 8.39. The summed E-state index contributed by atoms with van der Waals surface area (Å²) in [6, 6.07) is 7.55. The van der Waals surface area contributed by atoms with Gasteiger partial charge in [0.2, 0.25) is 0 Å². The van der Waals surface area contributed by atoms with E-state index in [-0.39, 0.29) is 5.92 Å². The molecule has 0 unspecified atom stereocenters. The van der Waals surface area contributed by atoms with E-state index in [4.69, 9.17) is 4.74 Å². The number of hydrogen-bond donors (Lipinski definition) is 0. The maximum atomic E-state index is 12.5. The molecule has 0 aliphatic heterocycles. The van der Waals surface area contributed by atoms with Gasteiger partial charge in [0.25, 0.3) is 0 Å². The fourth-order valence-corrected chi connectivity index (χ4v) is 2.73. The summed E-state index contributed by atoms with van der Waals surface area (Å²) in [5, 5.41) is 0. The van der Waals surface area contributed by atoms with Gasteiger partial charge in [-0.25, -0.2) is 0 Å². The minimum absolute atomic E-state index is 0.220. The second kappa shape index (κ2) is 6.58. The van der Waals surface area contributed by atoms with E-state index >= 15 is 0 Å². The van der Waals surface area contributed by atoms with Crippen LogP contribution in [0.1, 0.15) is 55.3 Å². The number of carbonyl (C=O) groups is 1. The first-order valence-electron chi connectivity index (χ1n) is 6.99. The lowest BCUT2D eigenvalue weighted by Crippen LogP contribution is -2.16. The van der Waals surface area contributed by atoms with Gasteiger partial charge in [-0.1, -0.05) is 44.2 Å². The van der Waals surface area contributed by atoms with Crippen LogP contribution in [0.5, 0.6) is 5.75 Å². The Morgan fingerprint density at radius 1 is 1.11 bits per heavy atom. The molecule has 0 bridgehead atoms. The predicted octanol–water partition coefficient (Wildman–Crippen LogP) is 4.24. The Morgan fingerprint density at radius 2 is 1.78 bits per heavy atom. The first kappa shape index (κ1) is 13.1. The van der Waals surface area contributed by atoms with E-state index < -0.39 is 0 Å². The van der Waals surface area contributed by atoms with Gasteiger partial charge >= 0.3 is 0 Å². The Kier molecular flexibility index (Phi) is 4.80. The maximum Gasteiger partial charge on any atom is 0.166 e. The van der Waals surface area contributed by atoms with E-state index in [1.807, 2.05) is 24.3 Å². The lowest BCUT2D eigenvalue weighted by molar-refractivity contribution is 0.0898. The number of methoxy groups -OCH3 is 1. The number of ketones is 1. The minimum atomic E-state index is 0.220. The third-order valence-electron chi connectivity index (χ3n) is 3.83. The molecular formula is C16H22O2. The van der Waals surface area contributed by atoms with Crippen LogP contribution in [0.2, 0.25) is 0 Å². The maximum absolute atomic E-state index is 12.5. The zero-order valence-electron chi connectivity index (χ0n) is 11.2. The average Bonchev–Trinajstić information content (AvgIpc) is 2.38. The molecule has 2 heteroatoms. The van der Waals surface area contributed by atoms with E-state index in [1.165, 1.54) is 32.1 Å².